The molecule has 1 fully saturated rings. The van der Waals surface area contributed by atoms with Crippen LogP contribution in [-0.2, 0) is 4.74 Å². The molecule has 1 aromatic heterocycles. The quantitative estimate of drug-likeness (QED) is 0.793. The molecule has 1 aliphatic rings. The third kappa shape index (κ3) is 1.87. The lowest BCUT2D eigenvalue weighted by Crippen LogP contribution is -2.19. The Balaban J connectivity index is 2.10. The first-order valence-corrected chi connectivity index (χ1v) is 6.18. The molecule has 1 saturated heterocycles. The predicted octanol–water partition coefficient (Wildman–Crippen LogP) is 2.97. The number of rotatable bonds is 1. The molecule has 5 heteroatoms. The van der Waals surface area contributed by atoms with Gasteiger partial charge in [0.05, 0.1) is 5.52 Å². The molecule has 1 aromatic carbocycles. The summed E-state index contributed by atoms with van der Waals surface area (Å²) in [5.74, 6) is 0. The van der Waals surface area contributed by atoms with Crippen molar-refractivity contribution in [2.75, 3.05) is 12.3 Å². The molecule has 1 atom stereocenters. The third-order valence-electron chi connectivity index (χ3n) is 3.11. The first kappa shape index (κ1) is 10.9. The molecular formula is C12H14ClN3O. The van der Waals surface area contributed by atoms with Gasteiger partial charge in [0.1, 0.15) is 0 Å². The minimum atomic E-state index is 0.00220. The summed E-state index contributed by atoms with van der Waals surface area (Å²) < 4.78 is 7.60. The molecule has 2 aromatic rings. The minimum absolute atomic E-state index is 0.00220. The van der Waals surface area contributed by atoms with Crippen molar-refractivity contribution in [3.63, 3.8) is 0 Å². The van der Waals surface area contributed by atoms with Crippen LogP contribution in [0.15, 0.2) is 18.2 Å². The lowest BCUT2D eigenvalue weighted by molar-refractivity contribution is -0.0366. The average molecular weight is 252 g/mol. The second-order valence-corrected chi connectivity index (χ2v) is 4.69. The fourth-order valence-corrected chi connectivity index (χ4v) is 2.49. The fraction of sp³-hybridized carbons (Fsp3) is 0.417. The standard InChI is InChI=1S/C12H14ClN3O/c13-12-9-7-8(14)4-5-10(9)16(15-12)11-3-1-2-6-17-11/h4-5,7,11H,1-3,6,14H2. The molecule has 17 heavy (non-hydrogen) atoms. The van der Waals surface area contributed by atoms with E-state index in [-0.39, 0.29) is 6.23 Å². The van der Waals surface area contributed by atoms with Crippen molar-refractivity contribution in [1.82, 2.24) is 9.78 Å². The van der Waals surface area contributed by atoms with Crippen molar-refractivity contribution in [2.45, 2.75) is 25.5 Å². The molecule has 1 aliphatic heterocycles. The Morgan fingerprint density at radius 3 is 3.06 bits per heavy atom. The van der Waals surface area contributed by atoms with Gasteiger partial charge >= 0.3 is 0 Å². The molecule has 0 radical (unpaired) electrons. The van der Waals surface area contributed by atoms with Gasteiger partial charge in [0.25, 0.3) is 0 Å². The van der Waals surface area contributed by atoms with Crippen molar-refractivity contribution >= 4 is 28.2 Å². The van der Waals surface area contributed by atoms with Crippen molar-refractivity contribution in [1.29, 1.82) is 0 Å². The van der Waals surface area contributed by atoms with Gasteiger partial charge in [-0.2, -0.15) is 5.10 Å². The van der Waals surface area contributed by atoms with Crippen LogP contribution in [0.5, 0.6) is 0 Å². The van der Waals surface area contributed by atoms with Gasteiger partial charge in [-0.05, 0) is 37.5 Å². The molecule has 0 spiro atoms. The number of halogens is 1. The zero-order valence-electron chi connectivity index (χ0n) is 9.40. The maximum atomic E-state index is 6.13. The molecule has 2 heterocycles. The van der Waals surface area contributed by atoms with Crippen molar-refractivity contribution in [2.24, 2.45) is 0 Å². The van der Waals surface area contributed by atoms with Crippen molar-refractivity contribution in [3.8, 4) is 0 Å². The van der Waals surface area contributed by atoms with Gasteiger partial charge in [-0.1, -0.05) is 11.6 Å². The van der Waals surface area contributed by atoms with E-state index < -0.39 is 0 Å². The number of fused-ring (bicyclic) bond motifs is 1. The van der Waals surface area contributed by atoms with Crippen LogP contribution < -0.4 is 5.73 Å². The number of nitrogen functional groups attached to an aromatic ring is 1. The molecule has 1 unspecified atom stereocenters. The topological polar surface area (TPSA) is 53.1 Å². The Morgan fingerprint density at radius 2 is 2.29 bits per heavy atom. The van der Waals surface area contributed by atoms with Gasteiger partial charge in [0.2, 0.25) is 0 Å². The molecular weight excluding hydrogens is 238 g/mol. The first-order chi connectivity index (χ1) is 8.25. The molecule has 3 rings (SSSR count). The Kier molecular flexibility index (Phi) is 2.68. The van der Waals surface area contributed by atoms with Gasteiger partial charge in [-0.3, -0.25) is 0 Å². The summed E-state index contributed by atoms with van der Waals surface area (Å²) in [7, 11) is 0. The van der Waals surface area contributed by atoms with E-state index >= 15 is 0 Å². The summed E-state index contributed by atoms with van der Waals surface area (Å²) in [6.07, 6.45) is 3.27. The van der Waals surface area contributed by atoms with Crippen molar-refractivity contribution < 1.29 is 4.74 Å². The number of aromatic nitrogens is 2. The van der Waals surface area contributed by atoms with E-state index in [1.165, 1.54) is 6.42 Å². The molecule has 0 amide bonds. The lowest BCUT2D eigenvalue weighted by Gasteiger charge is -2.23. The average Bonchev–Trinajstić information content (AvgIpc) is 2.68. The van der Waals surface area contributed by atoms with E-state index in [1.54, 1.807) is 0 Å². The second kappa shape index (κ2) is 4.20. The number of anilines is 1. The summed E-state index contributed by atoms with van der Waals surface area (Å²) >= 11 is 6.13. The van der Waals surface area contributed by atoms with Crippen LogP contribution in [-0.4, -0.2) is 16.4 Å². The molecule has 4 nitrogen and oxygen atoms in total. The Hall–Kier alpha value is -1.26. The van der Waals surface area contributed by atoms with Crippen LogP contribution in [0.1, 0.15) is 25.5 Å². The zero-order chi connectivity index (χ0) is 11.8. The summed E-state index contributed by atoms with van der Waals surface area (Å²) in [6, 6.07) is 5.66. The number of nitrogens with zero attached hydrogens (tertiary/aromatic N) is 2. The molecule has 0 saturated carbocycles. The number of benzene rings is 1. The van der Waals surface area contributed by atoms with Crippen LogP contribution in [0, 0.1) is 0 Å². The summed E-state index contributed by atoms with van der Waals surface area (Å²) in [4.78, 5) is 0. The van der Waals surface area contributed by atoms with Gasteiger partial charge in [-0.15, -0.1) is 0 Å². The summed E-state index contributed by atoms with van der Waals surface area (Å²) in [5, 5.41) is 5.73. The first-order valence-electron chi connectivity index (χ1n) is 5.80. The number of hydrogen-bond donors (Lipinski definition) is 1. The van der Waals surface area contributed by atoms with Crippen molar-refractivity contribution in [3.05, 3.63) is 23.4 Å². The maximum absolute atomic E-state index is 6.13. The normalized spacial score (nSPS) is 20.9. The van der Waals surface area contributed by atoms with E-state index in [1.807, 2.05) is 22.9 Å². The highest BCUT2D eigenvalue weighted by atomic mass is 35.5. The van der Waals surface area contributed by atoms with Gasteiger partial charge < -0.3 is 10.5 Å². The Bertz CT molecular complexity index is 546. The van der Waals surface area contributed by atoms with Crippen LogP contribution >= 0.6 is 11.6 Å². The summed E-state index contributed by atoms with van der Waals surface area (Å²) in [6.45, 7) is 0.790. The third-order valence-corrected chi connectivity index (χ3v) is 3.39. The van der Waals surface area contributed by atoms with Gasteiger partial charge in [0.15, 0.2) is 11.4 Å². The molecule has 0 bridgehead atoms. The van der Waals surface area contributed by atoms with E-state index in [0.717, 1.165) is 30.4 Å². The van der Waals surface area contributed by atoms with Crippen LogP contribution in [0.25, 0.3) is 10.9 Å². The highest BCUT2D eigenvalue weighted by molar-refractivity contribution is 6.34. The zero-order valence-corrected chi connectivity index (χ0v) is 10.2. The van der Waals surface area contributed by atoms with E-state index in [0.29, 0.717) is 10.8 Å². The highest BCUT2D eigenvalue weighted by Gasteiger charge is 2.20. The monoisotopic (exact) mass is 251 g/mol. The molecule has 90 valence electrons. The lowest BCUT2D eigenvalue weighted by atomic mass is 10.2. The smallest absolute Gasteiger partial charge is 0.159 e. The fourth-order valence-electron chi connectivity index (χ4n) is 2.26. The Labute approximate surface area is 104 Å². The predicted molar refractivity (Wildman–Crippen MR) is 68.0 cm³/mol. The molecule has 0 aliphatic carbocycles. The number of hydrogen-bond acceptors (Lipinski definition) is 3. The van der Waals surface area contributed by atoms with E-state index in [9.17, 15) is 0 Å². The van der Waals surface area contributed by atoms with Gasteiger partial charge in [0, 0.05) is 17.7 Å². The maximum Gasteiger partial charge on any atom is 0.159 e. The van der Waals surface area contributed by atoms with Crippen LogP contribution in [0.2, 0.25) is 5.15 Å². The Morgan fingerprint density at radius 1 is 1.41 bits per heavy atom. The second-order valence-electron chi connectivity index (χ2n) is 4.33. The number of nitrogens with two attached hydrogens (primary N) is 1. The SMILES string of the molecule is Nc1ccc2c(c1)c(Cl)nn2C1CCCCO1. The van der Waals surface area contributed by atoms with Gasteiger partial charge in [-0.25, -0.2) is 4.68 Å². The minimum Gasteiger partial charge on any atom is -0.399 e. The highest BCUT2D eigenvalue weighted by Crippen LogP contribution is 2.30. The van der Waals surface area contributed by atoms with Crippen LogP contribution in [0.3, 0.4) is 0 Å². The van der Waals surface area contributed by atoms with E-state index in [4.69, 9.17) is 22.1 Å². The van der Waals surface area contributed by atoms with E-state index in [2.05, 4.69) is 5.10 Å². The largest absolute Gasteiger partial charge is 0.399 e. The molecule has 2 N–H and O–H groups in total. The summed E-state index contributed by atoms with van der Waals surface area (Å²) in [5.41, 5.74) is 7.43. The number of ether oxygens (including phenoxy) is 1. The van der Waals surface area contributed by atoms with Crippen LogP contribution in [0.4, 0.5) is 5.69 Å².